The zero-order chi connectivity index (χ0) is 13.6. The molecule has 0 bridgehead atoms. The summed E-state index contributed by atoms with van der Waals surface area (Å²) < 4.78 is 5.11. The van der Waals surface area contributed by atoms with E-state index >= 15 is 0 Å². The second-order valence-electron chi connectivity index (χ2n) is 5.52. The van der Waals surface area contributed by atoms with Gasteiger partial charge < -0.3 is 10.1 Å². The van der Waals surface area contributed by atoms with E-state index in [1.807, 2.05) is 6.07 Å². The molecule has 0 heterocycles. The van der Waals surface area contributed by atoms with Crippen molar-refractivity contribution in [2.45, 2.75) is 37.5 Å². The summed E-state index contributed by atoms with van der Waals surface area (Å²) in [4.78, 5) is 0. The third-order valence-electron chi connectivity index (χ3n) is 4.19. The van der Waals surface area contributed by atoms with Crippen molar-refractivity contribution in [1.29, 1.82) is 0 Å². The number of halogens is 1. The zero-order valence-electron chi connectivity index (χ0n) is 11.8. The van der Waals surface area contributed by atoms with E-state index in [-0.39, 0.29) is 5.41 Å². The van der Waals surface area contributed by atoms with Crippen LogP contribution in [-0.4, -0.2) is 26.8 Å². The van der Waals surface area contributed by atoms with Crippen LogP contribution in [0.15, 0.2) is 24.3 Å². The van der Waals surface area contributed by atoms with Gasteiger partial charge in [0.05, 0.1) is 6.61 Å². The molecule has 1 N–H and O–H groups in total. The molecule has 2 nitrogen and oxygen atoms in total. The molecule has 19 heavy (non-hydrogen) atoms. The van der Waals surface area contributed by atoms with Gasteiger partial charge in [0.2, 0.25) is 0 Å². The summed E-state index contributed by atoms with van der Waals surface area (Å²) in [5.41, 5.74) is 1.65. The summed E-state index contributed by atoms with van der Waals surface area (Å²) in [6.45, 7) is 2.71. The topological polar surface area (TPSA) is 21.3 Å². The average Bonchev–Trinajstić information content (AvgIpc) is 2.45. The zero-order valence-corrected chi connectivity index (χ0v) is 12.5. The Balaban J connectivity index is 2.09. The van der Waals surface area contributed by atoms with Gasteiger partial charge in [0.15, 0.2) is 0 Å². The predicted octanol–water partition coefficient (Wildman–Crippen LogP) is 3.78. The molecule has 0 radical (unpaired) electrons. The summed E-state index contributed by atoms with van der Waals surface area (Å²) in [5, 5.41) is 4.39. The van der Waals surface area contributed by atoms with Crippen LogP contribution in [0.4, 0.5) is 0 Å². The van der Waals surface area contributed by atoms with Gasteiger partial charge in [-0.05, 0) is 30.5 Å². The predicted molar refractivity (Wildman–Crippen MR) is 81.0 cm³/mol. The molecule has 0 amide bonds. The number of methoxy groups -OCH3 is 1. The fourth-order valence-electron chi connectivity index (χ4n) is 3.12. The van der Waals surface area contributed by atoms with Crippen molar-refractivity contribution >= 4 is 11.6 Å². The van der Waals surface area contributed by atoms with E-state index in [9.17, 15) is 0 Å². The highest BCUT2D eigenvalue weighted by atomic mass is 35.5. The Bertz CT molecular complexity index is 388. The summed E-state index contributed by atoms with van der Waals surface area (Å²) in [5.74, 6) is 0. The molecule has 1 aliphatic rings. The van der Waals surface area contributed by atoms with Crippen LogP contribution in [0.1, 0.15) is 37.7 Å². The van der Waals surface area contributed by atoms with E-state index < -0.39 is 0 Å². The number of rotatable bonds is 6. The lowest BCUT2D eigenvalue weighted by Crippen LogP contribution is -2.41. The normalized spacial score (nSPS) is 18.4. The first kappa shape index (κ1) is 14.8. The lowest BCUT2D eigenvalue weighted by atomic mass is 9.69. The molecule has 1 saturated carbocycles. The molecule has 106 valence electrons. The third-order valence-corrected chi connectivity index (χ3v) is 4.43. The van der Waals surface area contributed by atoms with Crippen LogP contribution in [0.2, 0.25) is 5.02 Å². The Morgan fingerprint density at radius 3 is 2.74 bits per heavy atom. The molecule has 0 spiro atoms. The molecule has 0 atom stereocenters. The molecule has 1 aliphatic carbocycles. The Morgan fingerprint density at radius 2 is 2.05 bits per heavy atom. The summed E-state index contributed by atoms with van der Waals surface area (Å²) in [6, 6.07) is 8.41. The van der Waals surface area contributed by atoms with E-state index in [1.54, 1.807) is 7.11 Å². The quantitative estimate of drug-likeness (QED) is 0.802. The molecule has 0 aliphatic heterocycles. The van der Waals surface area contributed by atoms with Crippen molar-refractivity contribution in [2.24, 2.45) is 0 Å². The Morgan fingerprint density at radius 1 is 1.26 bits per heavy atom. The van der Waals surface area contributed by atoms with Crippen LogP contribution in [0.5, 0.6) is 0 Å². The molecule has 1 aromatic rings. The van der Waals surface area contributed by atoms with Gasteiger partial charge in [-0.25, -0.2) is 0 Å². The number of ether oxygens (including phenoxy) is 1. The third kappa shape index (κ3) is 3.95. The molecular formula is C16H24ClNO. The molecule has 0 aromatic heterocycles. The molecule has 2 rings (SSSR count). The van der Waals surface area contributed by atoms with Crippen LogP contribution < -0.4 is 5.32 Å². The Kier molecular flexibility index (Phi) is 5.68. The number of hydrogen-bond donors (Lipinski definition) is 1. The summed E-state index contributed by atoms with van der Waals surface area (Å²) >= 11 is 6.17. The molecule has 3 heteroatoms. The van der Waals surface area contributed by atoms with Crippen molar-refractivity contribution < 1.29 is 4.74 Å². The first-order valence-electron chi connectivity index (χ1n) is 7.23. The minimum Gasteiger partial charge on any atom is -0.383 e. The Labute approximate surface area is 121 Å². The molecule has 0 unspecified atom stereocenters. The van der Waals surface area contributed by atoms with Gasteiger partial charge in [-0.15, -0.1) is 0 Å². The molecule has 0 saturated heterocycles. The van der Waals surface area contributed by atoms with Crippen molar-refractivity contribution in [3.63, 3.8) is 0 Å². The minimum absolute atomic E-state index is 0.261. The van der Waals surface area contributed by atoms with Crippen LogP contribution in [0.3, 0.4) is 0 Å². The number of benzene rings is 1. The fraction of sp³-hybridized carbons (Fsp3) is 0.625. The van der Waals surface area contributed by atoms with Crippen LogP contribution in [-0.2, 0) is 10.2 Å². The van der Waals surface area contributed by atoms with Gasteiger partial charge in [-0.3, -0.25) is 0 Å². The second kappa shape index (κ2) is 7.28. The van der Waals surface area contributed by atoms with Gasteiger partial charge in [0, 0.05) is 30.6 Å². The minimum atomic E-state index is 0.261. The van der Waals surface area contributed by atoms with Gasteiger partial charge >= 0.3 is 0 Å². The maximum absolute atomic E-state index is 6.17. The van der Waals surface area contributed by atoms with E-state index in [0.717, 1.165) is 24.7 Å². The number of nitrogens with one attached hydrogen (secondary N) is 1. The highest BCUT2D eigenvalue weighted by Gasteiger charge is 2.33. The number of hydrogen-bond acceptors (Lipinski definition) is 2. The van der Waals surface area contributed by atoms with E-state index in [2.05, 4.69) is 23.5 Å². The van der Waals surface area contributed by atoms with Crippen molar-refractivity contribution in [1.82, 2.24) is 5.32 Å². The van der Waals surface area contributed by atoms with E-state index in [4.69, 9.17) is 16.3 Å². The average molecular weight is 282 g/mol. The van der Waals surface area contributed by atoms with E-state index in [0.29, 0.717) is 0 Å². The largest absolute Gasteiger partial charge is 0.383 e. The lowest BCUT2D eigenvalue weighted by molar-refractivity contribution is 0.192. The second-order valence-corrected chi connectivity index (χ2v) is 5.96. The molecular weight excluding hydrogens is 258 g/mol. The lowest BCUT2D eigenvalue weighted by Gasteiger charge is -2.38. The first-order chi connectivity index (χ1) is 9.27. The smallest absolute Gasteiger partial charge is 0.0587 e. The van der Waals surface area contributed by atoms with Crippen LogP contribution >= 0.6 is 11.6 Å². The Hall–Kier alpha value is -0.570. The van der Waals surface area contributed by atoms with Crippen molar-refractivity contribution in [3.8, 4) is 0 Å². The fourth-order valence-corrected chi connectivity index (χ4v) is 3.31. The van der Waals surface area contributed by atoms with Gasteiger partial charge in [0.25, 0.3) is 0 Å². The summed E-state index contributed by atoms with van der Waals surface area (Å²) in [7, 11) is 1.75. The maximum Gasteiger partial charge on any atom is 0.0587 e. The van der Waals surface area contributed by atoms with Crippen molar-refractivity contribution in [3.05, 3.63) is 34.9 Å². The molecule has 1 aromatic carbocycles. The van der Waals surface area contributed by atoms with Gasteiger partial charge in [-0.2, -0.15) is 0 Å². The standard InChI is InChI=1S/C16H24ClNO/c1-19-11-10-18-13-16(8-3-2-4-9-16)14-6-5-7-15(17)12-14/h5-7,12,18H,2-4,8-11,13H2,1H3. The monoisotopic (exact) mass is 281 g/mol. The summed E-state index contributed by atoms with van der Waals surface area (Å²) in [6.07, 6.45) is 6.51. The van der Waals surface area contributed by atoms with Crippen LogP contribution in [0.25, 0.3) is 0 Å². The highest BCUT2D eigenvalue weighted by molar-refractivity contribution is 6.30. The SMILES string of the molecule is COCCNCC1(c2cccc(Cl)c2)CCCCC1. The molecule has 1 fully saturated rings. The van der Waals surface area contributed by atoms with Gasteiger partial charge in [0.1, 0.15) is 0 Å². The highest BCUT2D eigenvalue weighted by Crippen LogP contribution is 2.39. The van der Waals surface area contributed by atoms with Crippen LogP contribution in [0, 0.1) is 0 Å². The van der Waals surface area contributed by atoms with Crippen molar-refractivity contribution in [2.75, 3.05) is 26.8 Å². The maximum atomic E-state index is 6.17. The van der Waals surface area contributed by atoms with E-state index in [1.165, 1.54) is 37.7 Å². The first-order valence-corrected chi connectivity index (χ1v) is 7.60. The van der Waals surface area contributed by atoms with Gasteiger partial charge in [-0.1, -0.05) is 43.0 Å².